The Morgan fingerprint density at radius 3 is 1.19 bits per heavy atom. The second-order valence-corrected chi connectivity index (χ2v) is 20.2. The van der Waals surface area contributed by atoms with Crippen molar-refractivity contribution in [2.24, 2.45) is 0 Å². The lowest BCUT2D eigenvalue weighted by Gasteiger charge is -2.35. The molecule has 0 N–H and O–H groups in total. The first-order valence-corrected chi connectivity index (χ1v) is 23.8. The zero-order valence-corrected chi connectivity index (χ0v) is 35.6. The summed E-state index contributed by atoms with van der Waals surface area (Å²) in [6.45, 7) is 0. The van der Waals surface area contributed by atoms with Crippen LogP contribution >= 0.6 is 0 Å². The minimum absolute atomic E-state index is 1.13. The molecule has 0 saturated carbocycles. The van der Waals surface area contributed by atoms with E-state index in [1.165, 1.54) is 92.3 Å². The van der Waals surface area contributed by atoms with Crippen molar-refractivity contribution < 1.29 is 0 Å². The van der Waals surface area contributed by atoms with E-state index in [0.717, 1.165) is 5.69 Å². The van der Waals surface area contributed by atoms with Gasteiger partial charge >= 0.3 is 0 Å². The summed E-state index contributed by atoms with van der Waals surface area (Å²) in [6, 6.07) is 94.3. The molecule has 0 radical (unpaired) electrons. The number of hydrogen-bond acceptors (Lipinski definition) is 0. The highest BCUT2D eigenvalue weighted by molar-refractivity contribution is 7.20. The highest BCUT2D eigenvalue weighted by Gasteiger charge is 2.43. The van der Waals surface area contributed by atoms with Crippen LogP contribution in [0.4, 0.5) is 0 Å². The Morgan fingerprint density at radius 1 is 0.270 bits per heavy atom. The number of rotatable bonds is 8. The van der Waals surface area contributed by atoms with Crippen LogP contribution in [0.5, 0.6) is 0 Å². The molecule has 2 aromatic heterocycles. The van der Waals surface area contributed by atoms with E-state index in [1.54, 1.807) is 0 Å². The molecule has 63 heavy (non-hydrogen) atoms. The first-order chi connectivity index (χ1) is 31.3. The lowest BCUT2D eigenvalue weighted by molar-refractivity contribution is 1.17. The molecule has 0 bridgehead atoms. The normalized spacial score (nSPS) is 11.8. The SMILES string of the molecule is c1ccc(-c2cc(-c3ccccc3)cc(-n3c4ccccc4c4c(-n5c6ccccc6c6c([Si](c7ccccc7)(c7ccccc7)c7ccccc7)cccc65)cccc43)c2)cc1. The van der Waals surface area contributed by atoms with Gasteiger partial charge in [-0.3, -0.25) is 0 Å². The highest BCUT2D eigenvalue weighted by Crippen LogP contribution is 2.41. The largest absolute Gasteiger partial charge is 0.309 e. The quantitative estimate of drug-likeness (QED) is 0.107. The van der Waals surface area contributed by atoms with Crippen molar-refractivity contribution in [2.75, 3.05) is 0 Å². The fraction of sp³-hybridized carbons (Fsp3) is 0. The number of para-hydroxylation sites is 2. The molecule has 2 heterocycles. The molecule has 0 aliphatic carbocycles. The summed E-state index contributed by atoms with van der Waals surface area (Å²) < 4.78 is 5.02. The van der Waals surface area contributed by atoms with Crippen molar-refractivity contribution in [1.29, 1.82) is 0 Å². The van der Waals surface area contributed by atoms with Crippen molar-refractivity contribution >= 4 is 72.4 Å². The molecule has 0 aliphatic rings. The second-order valence-electron chi connectivity index (χ2n) is 16.4. The Labute approximate surface area is 368 Å². The number of benzene rings is 10. The first-order valence-electron chi connectivity index (χ1n) is 21.8. The summed E-state index contributed by atoms with van der Waals surface area (Å²) in [6.07, 6.45) is 0. The van der Waals surface area contributed by atoms with Gasteiger partial charge in [0.25, 0.3) is 0 Å². The van der Waals surface area contributed by atoms with Crippen LogP contribution in [-0.2, 0) is 0 Å². The molecule has 10 aromatic carbocycles. The number of nitrogens with zero attached hydrogens (tertiary/aromatic N) is 2. The molecule has 0 saturated heterocycles. The smallest absolute Gasteiger partial charge is 0.180 e. The van der Waals surface area contributed by atoms with Crippen LogP contribution in [0.1, 0.15) is 0 Å². The van der Waals surface area contributed by atoms with Crippen molar-refractivity contribution in [3.8, 4) is 33.6 Å². The average Bonchev–Trinajstić information content (AvgIpc) is 3.89. The zero-order chi connectivity index (χ0) is 41.7. The van der Waals surface area contributed by atoms with Crippen molar-refractivity contribution in [3.63, 3.8) is 0 Å². The van der Waals surface area contributed by atoms with E-state index in [4.69, 9.17) is 0 Å². The molecule has 296 valence electrons. The van der Waals surface area contributed by atoms with Crippen LogP contribution in [0.15, 0.2) is 255 Å². The lowest BCUT2D eigenvalue weighted by atomic mass is 9.98. The van der Waals surface area contributed by atoms with Gasteiger partial charge in [0.2, 0.25) is 0 Å². The third-order valence-electron chi connectivity index (χ3n) is 13.0. The van der Waals surface area contributed by atoms with Gasteiger partial charge in [0.1, 0.15) is 0 Å². The van der Waals surface area contributed by atoms with Gasteiger partial charge in [-0.25, -0.2) is 0 Å². The Bertz CT molecular complexity index is 3440. The summed E-state index contributed by atoms with van der Waals surface area (Å²) in [4.78, 5) is 0. The maximum Gasteiger partial charge on any atom is 0.180 e. The predicted molar refractivity (Wildman–Crippen MR) is 270 cm³/mol. The summed E-state index contributed by atoms with van der Waals surface area (Å²) >= 11 is 0. The van der Waals surface area contributed by atoms with Crippen LogP contribution in [0.25, 0.3) is 77.2 Å². The molecule has 0 amide bonds. The van der Waals surface area contributed by atoms with Gasteiger partial charge in [-0.2, -0.15) is 0 Å². The molecule has 2 nitrogen and oxygen atoms in total. The van der Waals surface area contributed by atoms with Gasteiger partial charge in [-0.05, 0) is 91.5 Å². The van der Waals surface area contributed by atoms with E-state index < -0.39 is 8.07 Å². The topological polar surface area (TPSA) is 9.86 Å². The van der Waals surface area contributed by atoms with Crippen LogP contribution in [0, 0.1) is 0 Å². The Kier molecular flexibility index (Phi) is 8.87. The molecular formula is C60H42N2Si. The van der Waals surface area contributed by atoms with Crippen molar-refractivity contribution in [1.82, 2.24) is 9.13 Å². The first kappa shape index (κ1) is 36.8. The van der Waals surface area contributed by atoms with E-state index >= 15 is 0 Å². The van der Waals surface area contributed by atoms with Crippen molar-refractivity contribution in [3.05, 3.63) is 255 Å². The summed E-state index contributed by atoms with van der Waals surface area (Å²) in [5.74, 6) is 0. The third-order valence-corrected chi connectivity index (χ3v) is 17.9. The van der Waals surface area contributed by atoms with E-state index in [9.17, 15) is 0 Å². The van der Waals surface area contributed by atoms with Gasteiger partial charge < -0.3 is 9.13 Å². The van der Waals surface area contributed by atoms with Gasteiger partial charge in [0.05, 0.1) is 27.8 Å². The molecule has 0 atom stereocenters. The zero-order valence-electron chi connectivity index (χ0n) is 34.6. The standard InChI is InChI=1S/C60H42N2Si/c1-6-22-43(23-7-1)45-40-46(44-24-8-2-9-25-44)42-47(41-45)61-53-34-18-16-32-51(53)59-55(61)36-20-37-56(59)62-54-35-19-17-33-52(54)60-57(62)38-21-39-58(60)63(48-26-10-3-11-27-48,49-28-12-4-13-29-49)50-30-14-5-15-31-50/h1-42H. The van der Waals surface area contributed by atoms with Gasteiger partial charge in [0.15, 0.2) is 8.07 Å². The third kappa shape index (κ3) is 5.85. The molecule has 12 rings (SSSR count). The molecule has 0 spiro atoms. The highest BCUT2D eigenvalue weighted by atomic mass is 28.3. The Morgan fingerprint density at radius 2 is 0.667 bits per heavy atom. The van der Waals surface area contributed by atoms with E-state index in [-0.39, 0.29) is 0 Å². The minimum Gasteiger partial charge on any atom is -0.309 e. The fourth-order valence-electron chi connectivity index (χ4n) is 10.4. The van der Waals surface area contributed by atoms with Crippen LogP contribution in [0.3, 0.4) is 0 Å². The minimum atomic E-state index is -2.89. The Hall–Kier alpha value is -7.98. The van der Waals surface area contributed by atoms with Gasteiger partial charge in [-0.1, -0.05) is 206 Å². The summed E-state index contributed by atoms with van der Waals surface area (Å²) in [7, 11) is -2.89. The van der Waals surface area contributed by atoms with Gasteiger partial charge in [-0.15, -0.1) is 0 Å². The number of aromatic nitrogens is 2. The van der Waals surface area contributed by atoms with Crippen LogP contribution in [0.2, 0.25) is 0 Å². The maximum absolute atomic E-state index is 2.89. The van der Waals surface area contributed by atoms with Crippen molar-refractivity contribution in [2.45, 2.75) is 0 Å². The summed E-state index contributed by atoms with van der Waals surface area (Å²) in [5.41, 5.74) is 11.8. The van der Waals surface area contributed by atoms with Crippen LogP contribution in [-0.4, -0.2) is 17.2 Å². The Balaban J connectivity index is 1.18. The molecule has 3 heteroatoms. The predicted octanol–water partition coefficient (Wildman–Crippen LogP) is 12.6. The molecule has 0 aliphatic heterocycles. The monoisotopic (exact) mass is 818 g/mol. The lowest BCUT2D eigenvalue weighted by Crippen LogP contribution is -2.74. The second kappa shape index (κ2) is 15.2. The molecule has 0 fully saturated rings. The van der Waals surface area contributed by atoms with Crippen LogP contribution < -0.4 is 20.7 Å². The molecule has 0 unspecified atom stereocenters. The molecular weight excluding hydrogens is 777 g/mol. The fourth-order valence-corrected chi connectivity index (χ4v) is 15.4. The maximum atomic E-state index is 2.54. The summed E-state index contributed by atoms with van der Waals surface area (Å²) in [5, 5.41) is 10.5. The van der Waals surface area contributed by atoms with E-state index in [0.29, 0.717) is 0 Å². The van der Waals surface area contributed by atoms with E-state index in [2.05, 4.69) is 264 Å². The average molecular weight is 819 g/mol. The number of fused-ring (bicyclic) bond motifs is 6. The number of hydrogen-bond donors (Lipinski definition) is 0. The van der Waals surface area contributed by atoms with Gasteiger partial charge in [0, 0.05) is 27.2 Å². The van der Waals surface area contributed by atoms with E-state index in [1.807, 2.05) is 0 Å². The molecule has 12 aromatic rings.